The first-order valence-electron chi connectivity index (χ1n) is 11.6. The maximum atomic E-state index is 12.7. The van der Waals surface area contributed by atoms with Crippen LogP contribution in [0.15, 0.2) is 54.7 Å². The summed E-state index contributed by atoms with van der Waals surface area (Å²) in [6, 6.07) is 15.3. The lowest BCUT2D eigenvalue weighted by molar-refractivity contribution is -0.115. The monoisotopic (exact) mass is 439 g/mol. The number of anilines is 3. The maximum absolute atomic E-state index is 12.7. The second kappa shape index (κ2) is 7.99. The molecule has 3 N–H and O–H groups in total. The van der Waals surface area contributed by atoms with E-state index >= 15 is 0 Å². The van der Waals surface area contributed by atoms with E-state index in [0.717, 1.165) is 40.5 Å². The quantitative estimate of drug-likeness (QED) is 0.563. The van der Waals surface area contributed by atoms with Gasteiger partial charge in [-0.25, -0.2) is 9.97 Å². The minimum atomic E-state index is -0.0789. The smallest absolute Gasteiger partial charge is 0.251 e. The van der Waals surface area contributed by atoms with Gasteiger partial charge in [-0.2, -0.15) is 0 Å². The van der Waals surface area contributed by atoms with Crippen molar-refractivity contribution in [2.75, 3.05) is 10.6 Å². The fourth-order valence-corrected chi connectivity index (χ4v) is 5.50. The Labute approximate surface area is 192 Å². The average Bonchev–Trinajstić information content (AvgIpc) is 3.41. The number of rotatable bonds is 4. The van der Waals surface area contributed by atoms with Crippen LogP contribution >= 0.6 is 0 Å². The predicted molar refractivity (Wildman–Crippen MR) is 126 cm³/mol. The van der Waals surface area contributed by atoms with Crippen LogP contribution in [0, 0.1) is 11.8 Å². The number of benzene rings is 2. The number of para-hydroxylation sites is 1. The van der Waals surface area contributed by atoms with E-state index in [0.29, 0.717) is 23.5 Å². The molecule has 2 aromatic carbocycles. The van der Waals surface area contributed by atoms with Gasteiger partial charge in [-0.05, 0) is 61.4 Å². The highest BCUT2D eigenvalue weighted by Crippen LogP contribution is 2.44. The number of aromatic nitrogens is 2. The molecule has 7 heteroatoms. The molecular formula is C26H25N5O2. The topological polar surface area (TPSA) is 96.0 Å². The third-order valence-electron chi connectivity index (χ3n) is 7.13. The lowest BCUT2D eigenvalue weighted by Crippen LogP contribution is -2.38. The molecule has 1 aromatic heterocycles. The minimum Gasteiger partial charge on any atom is -0.349 e. The van der Waals surface area contributed by atoms with Crippen LogP contribution in [0.4, 0.5) is 17.3 Å². The Morgan fingerprint density at radius 1 is 1.03 bits per heavy atom. The summed E-state index contributed by atoms with van der Waals surface area (Å²) < 4.78 is 0. The Hall–Kier alpha value is -3.74. The third kappa shape index (κ3) is 3.84. The Bertz CT molecular complexity index is 1240. The van der Waals surface area contributed by atoms with Gasteiger partial charge in [0.05, 0.1) is 17.8 Å². The average molecular weight is 440 g/mol. The fourth-order valence-electron chi connectivity index (χ4n) is 5.50. The van der Waals surface area contributed by atoms with Gasteiger partial charge in [0.2, 0.25) is 11.9 Å². The van der Waals surface area contributed by atoms with Gasteiger partial charge in [0.15, 0.2) is 0 Å². The first-order valence-corrected chi connectivity index (χ1v) is 11.6. The van der Waals surface area contributed by atoms with Crippen molar-refractivity contribution in [3.8, 4) is 11.3 Å². The Morgan fingerprint density at radius 2 is 1.88 bits per heavy atom. The SMILES string of the molecule is O=C1Cc2cnc(Nc3ccc(C(=O)N[C@@H]4CC5CC[C@@H]4C5)cc3)nc2-c2ccccc2N1. The van der Waals surface area contributed by atoms with Gasteiger partial charge in [0, 0.05) is 34.6 Å². The second-order valence-corrected chi connectivity index (χ2v) is 9.30. The molecule has 1 aliphatic heterocycles. The lowest BCUT2D eigenvalue weighted by atomic mass is 9.95. The van der Waals surface area contributed by atoms with Gasteiger partial charge < -0.3 is 16.0 Å². The van der Waals surface area contributed by atoms with Crippen LogP contribution in [0.1, 0.15) is 41.6 Å². The van der Waals surface area contributed by atoms with E-state index in [1.807, 2.05) is 48.5 Å². The summed E-state index contributed by atoms with van der Waals surface area (Å²) in [7, 11) is 0. The standard InChI is InChI=1S/C26H25N5O2/c32-23-13-18-14-27-26(31-24(18)20-3-1-2-4-21(20)29-23)28-19-9-7-16(8-10-19)25(33)30-22-12-15-5-6-17(22)11-15/h1-4,7-10,14-15,17,22H,5-6,11-13H2,(H,29,32)(H,30,33)(H,27,28,31)/t15?,17-,22-/m1/s1. The van der Waals surface area contributed by atoms with Crippen molar-refractivity contribution in [1.29, 1.82) is 0 Å². The highest BCUT2D eigenvalue weighted by Gasteiger charge is 2.40. The van der Waals surface area contributed by atoms with Crippen molar-refractivity contribution < 1.29 is 9.59 Å². The van der Waals surface area contributed by atoms with Crippen LogP contribution < -0.4 is 16.0 Å². The molecule has 0 radical (unpaired) electrons. The van der Waals surface area contributed by atoms with Gasteiger partial charge in [-0.3, -0.25) is 9.59 Å². The molecule has 2 aliphatic carbocycles. The van der Waals surface area contributed by atoms with Crippen LogP contribution in [0.2, 0.25) is 0 Å². The number of nitrogens with one attached hydrogen (secondary N) is 3. The van der Waals surface area contributed by atoms with Crippen molar-refractivity contribution in [2.24, 2.45) is 11.8 Å². The fraction of sp³-hybridized carbons (Fsp3) is 0.308. The molecular weight excluding hydrogens is 414 g/mol. The largest absolute Gasteiger partial charge is 0.349 e. The molecule has 2 heterocycles. The highest BCUT2D eigenvalue weighted by molar-refractivity contribution is 6.00. The van der Waals surface area contributed by atoms with E-state index in [1.54, 1.807) is 6.20 Å². The molecule has 1 unspecified atom stereocenters. The van der Waals surface area contributed by atoms with Crippen LogP contribution in [-0.2, 0) is 11.2 Å². The van der Waals surface area contributed by atoms with Crippen molar-refractivity contribution in [1.82, 2.24) is 15.3 Å². The summed E-state index contributed by atoms with van der Waals surface area (Å²) >= 11 is 0. The van der Waals surface area contributed by atoms with Gasteiger partial charge >= 0.3 is 0 Å². The maximum Gasteiger partial charge on any atom is 0.251 e. The molecule has 0 saturated heterocycles. The predicted octanol–water partition coefficient (Wildman–Crippen LogP) is 4.30. The van der Waals surface area contributed by atoms with Crippen molar-refractivity contribution >= 4 is 29.1 Å². The van der Waals surface area contributed by atoms with E-state index in [2.05, 4.69) is 20.9 Å². The summed E-state index contributed by atoms with van der Waals surface area (Å²) in [5.41, 5.74) is 4.60. The number of fused-ring (bicyclic) bond motifs is 5. The van der Waals surface area contributed by atoms with Gasteiger partial charge in [0.1, 0.15) is 0 Å². The van der Waals surface area contributed by atoms with Crippen LogP contribution in [0.3, 0.4) is 0 Å². The molecule has 3 atom stereocenters. The summed E-state index contributed by atoms with van der Waals surface area (Å²) in [4.78, 5) is 34.0. The van der Waals surface area contributed by atoms with E-state index < -0.39 is 0 Å². The number of hydrogen-bond acceptors (Lipinski definition) is 5. The number of amides is 2. The van der Waals surface area contributed by atoms with Gasteiger partial charge in [0.25, 0.3) is 5.91 Å². The Balaban J connectivity index is 1.19. The molecule has 166 valence electrons. The third-order valence-corrected chi connectivity index (χ3v) is 7.13. The van der Waals surface area contributed by atoms with Crippen LogP contribution in [0.5, 0.6) is 0 Å². The number of nitrogens with zero attached hydrogens (tertiary/aromatic N) is 2. The molecule has 3 aliphatic rings. The zero-order valence-corrected chi connectivity index (χ0v) is 18.2. The molecule has 7 nitrogen and oxygen atoms in total. The van der Waals surface area contributed by atoms with Crippen LogP contribution in [-0.4, -0.2) is 27.8 Å². The number of carbonyl (C=O) groups excluding carboxylic acids is 2. The molecule has 2 bridgehead atoms. The normalized spacial score (nSPS) is 22.7. The summed E-state index contributed by atoms with van der Waals surface area (Å²) in [5.74, 6) is 1.81. The summed E-state index contributed by atoms with van der Waals surface area (Å²) in [6.07, 6.45) is 6.88. The lowest BCUT2D eigenvalue weighted by Gasteiger charge is -2.22. The molecule has 6 rings (SSSR count). The van der Waals surface area contributed by atoms with Crippen molar-refractivity contribution in [2.45, 2.75) is 38.1 Å². The van der Waals surface area contributed by atoms with Gasteiger partial charge in [-0.15, -0.1) is 0 Å². The summed E-state index contributed by atoms with van der Waals surface area (Å²) in [6.45, 7) is 0. The first kappa shape index (κ1) is 19.9. The molecule has 3 aromatic rings. The van der Waals surface area contributed by atoms with E-state index in [4.69, 9.17) is 4.98 Å². The summed E-state index contributed by atoms with van der Waals surface area (Å²) in [5, 5.41) is 9.37. The van der Waals surface area contributed by atoms with Crippen molar-refractivity contribution in [3.63, 3.8) is 0 Å². The Kier molecular flexibility index (Phi) is 4.82. The molecule has 2 fully saturated rings. The van der Waals surface area contributed by atoms with Crippen LogP contribution in [0.25, 0.3) is 11.3 Å². The second-order valence-electron chi connectivity index (χ2n) is 9.30. The number of hydrogen-bond donors (Lipinski definition) is 3. The molecule has 2 amide bonds. The Morgan fingerprint density at radius 3 is 2.67 bits per heavy atom. The van der Waals surface area contributed by atoms with E-state index in [9.17, 15) is 9.59 Å². The zero-order chi connectivity index (χ0) is 22.4. The minimum absolute atomic E-state index is 0.00541. The molecule has 2 saturated carbocycles. The molecule has 0 spiro atoms. The number of carbonyl (C=O) groups is 2. The van der Waals surface area contributed by atoms with Crippen molar-refractivity contribution in [3.05, 3.63) is 65.9 Å². The van der Waals surface area contributed by atoms with E-state index in [-0.39, 0.29) is 18.2 Å². The molecule has 33 heavy (non-hydrogen) atoms. The zero-order valence-electron chi connectivity index (χ0n) is 18.2. The van der Waals surface area contributed by atoms with E-state index in [1.165, 1.54) is 19.3 Å². The first-order chi connectivity index (χ1) is 16.1. The van der Waals surface area contributed by atoms with Gasteiger partial charge in [-0.1, -0.05) is 24.6 Å². The highest BCUT2D eigenvalue weighted by atomic mass is 16.2.